The summed E-state index contributed by atoms with van der Waals surface area (Å²) in [6.45, 7) is 3.96. The van der Waals surface area contributed by atoms with Crippen molar-refractivity contribution >= 4 is 49.7 Å². The van der Waals surface area contributed by atoms with Gasteiger partial charge in [-0.25, -0.2) is 4.98 Å². The lowest BCUT2D eigenvalue weighted by Gasteiger charge is -2.14. The lowest BCUT2D eigenvalue weighted by molar-refractivity contribution is 1.17. The summed E-state index contributed by atoms with van der Waals surface area (Å²) in [5.74, 6) is 0. The molecule has 0 amide bonds. The van der Waals surface area contributed by atoms with Crippen LogP contribution in [0.2, 0.25) is 0 Å². The zero-order valence-corrected chi connectivity index (χ0v) is 28.4. The van der Waals surface area contributed by atoms with Crippen LogP contribution in [0.4, 0.5) is 0 Å². The molecule has 0 aliphatic carbocycles. The first kappa shape index (κ1) is 29.9. The van der Waals surface area contributed by atoms with Crippen LogP contribution in [0.1, 0.15) is 5.56 Å². The minimum Gasteiger partial charge on any atom is -0.309 e. The van der Waals surface area contributed by atoms with E-state index in [1.807, 2.05) is 6.08 Å². The van der Waals surface area contributed by atoms with Gasteiger partial charge in [-0.2, -0.15) is 0 Å². The average molecular weight is 664 g/mol. The van der Waals surface area contributed by atoms with Crippen LogP contribution in [-0.4, -0.2) is 14.1 Å². The van der Waals surface area contributed by atoms with Gasteiger partial charge in [-0.05, 0) is 77.4 Å². The summed E-state index contributed by atoms with van der Waals surface area (Å²) >= 11 is 0. The molecule has 0 unspecified atom stereocenters. The first-order valence-corrected chi connectivity index (χ1v) is 17.7. The maximum absolute atomic E-state index is 5.39. The van der Waals surface area contributed by atoms with Crippen LogP contribution in [0, 0.1) is 0 Å². The summed E-state index contributed by atoms with van der Waals surface area (Å²) in [7, 11) is 0. The molecule has 0 aliphatic heterocycles. The van der Waals surface area contributed by atoms with Crippen LogP contribution in [-0.2, 0) is 0 Å². The van der Waals surface area contributed by atoms with E-state index < -0.39 is 0 Å². The van der Waals surface area contributed by atoms with Crippen molar-refractivity contribution in [2.45, 2.75) is 0 Å². The largest absolute Gasteiger partial charge is 0.309 e. The van der Waals surface area contributed by atoms with Crippen LogP contribution < -0.4 is 0 Å². The Morgan fingerprint density at radius 1 is 0.365 bits per heavy atom. The molecule has 3 heterocycles. The predicted molar refractivity (Wildman–Crippen MR) is 219 cm³/mol. The molecule has 0 fully saturated rings. The summed E-state index contributed by atoms with van der Waals surface area (Å²) in [4.78, 5) is 5.39. The number of aromatic nitrogens is 3. The van der Waals surface area contributed by atoms with Gasteiger partial charge in [0.15, 0.2) is 0 Å². The van der Waals surface area contributed by atoms with E-state index in [9.17, 15) is 0 Å². The van der Waals surface area contributed by atoms with Gasteiger partial charge in [0.25, 0.3) is 0 Å². The third kappa shape index (κ3) is 4.86. The Balaban J connectivity index is 1.16. The monoisotopic (exact) mass is 663 g/mol. The van der Waals surface area contributed by atoms with Crippen LogP contribution in [0.5, 0.6) is 0 Å². The van der Waals surface area contributed by atoms with Crippen molar-refractivity contribution in [3.63, 3.8) is 0 Å². The number of hydrogen-bond acceptors (Lipinski definition) is 1. The Bertz CT molecular complexity index is 2690. The van der Waals surface area contributed by atoms with Gasteiger partial charge in [-0.15, -0.1) is 0 Å². The molecule has 0 saturated heterocycles. The normalized spacial score (nSPS) is 11.5. The molecular formula is C49H33N3. The Morgan fingerprint density at radius 3 is 1.17 bits per heavy atom. The van der Waals surface area contributed by atoms with Gasteiger partial charge in [0.1, 0.15) is 0 Å². The topological polar surface area (TPSA) is 22.8 Å². The van der Waals surface area contributed by atoms with Crippen molar-refractivity contribution in [1.82, 2.24) is 14.1 Å². The van der Waals surface area contributed by atoms with E-state index in [1.54, 1.807) is 0 Å². The molecular weight excluding hydrogens is 631 g/mol. The van der Waals surface area contributed by atoms with Crippen molar-refractivity contribution in [2.75, 3.05) is 0 Å². The maximum atomic E-state index is 5.39. The minimum atomic E-state index is 0.921. The first-order valence-electron chi connectivity index (χ1n) is 17.7. The molecule has 3 aromatic heterocycles. The van der Waals surface area contributed by atoms with Gasteiger partial charge in [0.05, 0.1) is 33.5 Å². The third-order valence-electron chi connectivity index (χ3n) is 10.3. The van der Waals surface area contributed by atoms with Gasteiger partial charge < -0.3 is 9.13 Å². The minimum absolute atomic E-state index is 0.921. The van der Waals surface area contributed by atoms with E-state index in [0.717, 1.165) is 50.6 Å². The molecule has 52 heavy (non-hydrogen) atoms. The second-order valence-corrected chi connectivity index (χ2v) is 13.3. The highest BCUT2D eigenvalue weighted by Crippen LogP contribution is 2.37. The summed E-state index contributed by atoms with van der Waals surface area (Å²) in [6.07, 6.45) is 1.88. The van der Waals surface area contributed by atoms with Crippen LogP contribution in [0.25, 0.3) is 94.7 Å². The van der Waals surface area contributed by atoms with Crippen molar-refractivity contribution in [1.29, 1.82) is 0 Å². The molecule has 0 N–H and O–H groups in total. The number of fused-ring (bicyclic) bond motifs is 6. The van der Waals surface area contributed by atoms with Gasteiger partial charge in [0, 0.05) is 44.0 Å². The summed E-state index contributed by atoms with van der Waals surface area (Å²) in [5, 5.41) is 4.99. The number of nitrogens with zero attached hydrogens (tertiary/aromatic N) is 3. The molecule has 244 valence electrons. The van der Waals surface area contributed by atoms with Crippen molar-refractivity contribution in [2.24, 2.45) is 0 Å². The van der Waals surface area contributed by atoms with Crippen molar-refractivity contribution in [3.8, 4) is 45.0 Å². The van der Waals surface area contributed by atoms with Gasteiger partial charge >= 0.3 is 0 Å². The average Bonchev–Trinajstić information content (AvgIpc) is 3.74. The third-order valence-corrected chi connectivity index (χ3v) is 10.3. The van der Waals surface area contributed by atoms with E-state index in [-0.39, 0.29) is 0 Å². The van der Waals surface area contributed by atoms with Crippen LogP contribution in [0.3, 0.4) is 0 Å². The predicted octanol–water partition coefficient (Wildman–Crippen LogP) is 12.9. The maximum Gasteiger partial charge on any atom is 0.0716 e. The summed E-state index contributed by atoms with van der Waals surface area (Å²) in [5.41, 5.74) is 14.3. The van der Waals surface area contributed by atoms with E-state index in [2.05, 4.69) is 198 Å². The lowest BCUT2D eigenvalue weighted by atomic mass is 9.98. The van der Waals surface area contributed by atoms with Gasteiger partial charge in [-0.3, -0.25) is 0 Å². The highest BCUT2D eigenvalue weighted by molar-refractivity contribution is 6.10. The smallest absolute Gasteiger partial charge is 0.0716 e. The quantitative estimate of drug-likeness (QED) is 0.174. The second kappa shape index (κ2) is 12.1. The zero-order valence-electron chi connectivity index (χ0n) is 28.4. The number of hydrogen-bond donors (Lipinski definition) is 0. The fourth-order valence-electron chi connectivity index (χ4n) is 7.81. The van der Waals surface area contributed by atoms with E-state index in [0.29, 0.717) is 0 Å². The Hall–Kier alpha value is -6.97. The van der Waals surface area contributed by atoms with Crippen LogP contribution in [0.15, 0.2) is 189 Å². The Morgan fingerprint density at radius 2 is 0.769 bits per heavy atom. The molecule has 0 spiro atoms. The zero-order chi connectivity index (χ0) is 34.6. The Kier molecular flexibility index (Phi) is 6.97. The molecule has 10 aromatic rings. The number of rotatable bonds is 6. The van der Waals surface area contributed by atoms with E-state index in [4.69, 9.17) is 4.98 Å². The molecule has 10 rings (SSSR count). The fraction of sp³-hybridized carbons (Fsp3) is 0. The SMILES string of the molecule is C=Cc1ccc(-c2cc(-c3cccc(-n4c5ccccc5c5ccccc54)c3)nc(-c3cccc(-n4c5ccccc5c5ccccc54)c3)c2)cc1. The highest BCUT2D eigenvalue weighted by atomic mass is 15.0. The standard InChI is InChI=1S/C49H33N3/c1-2-33-25-27-34(28-26-33)37-31-44(35-13-11-15-38(29-35)51-46-21-7-3-17-40(46)41-18-4-8-22-47(41)51)50-45(32-37)36-14-12-16-39(30-36)52-48-23-9-5-19-42(48)43-20-6-10-24-49(43)52/h2-32H,1H2. The molecule has 0 bridgehead atoms. The van der Waals surface area contributed by atoms with E-state index >= 15 is 0 Å². The second-order valence-electron chi connectivity index (χ2n) is 13.3. The molecule has 0 aliphatic rings. The molecule has 0 saturated carbocycles. The van der Waals surface area contributed by atoms with Gasteiger partial charge in [0.2, 0.25) is 0 Å². The molecule has 0 atom stereocenters. The van der Waals surface area contributed by atoms with Crippen LogP contribution >= 0.6 is 0 Å². The molecule has 3 heteroatoms. The summed E-state index contributed by atoms with van der Waals surface area (Å²) < 4.78 is 4.73. The van der Waals surface area contributed by atoms with Gasteiger partial charge in [-0.1, -0.05) is 134 Å². The Labute approximate surface area is 302 Å². The van der Waals surface area contributed by atoms with Crippen molar-refractivity contribution < 1.29 is 0 Å². The molecule has 7 aromatic carbocycles. The number of pyridine rings is 1. The van der Waals surface area contributed by atoms with Crippen molar-refractivity contribution in [3.05, 3.63) is 194 Å². The fourth-order valence-corrected chi connectivity index (χ4v) is 7.81. The van der Waals surface area contributed by atoms with E-state index in [1.165, 1.54) is 43.6 Å². The number of benzene rings is 7. The number of para-hydroxylation sites is 4. The highest BCUT2D eigenvalue weighted by Gasteiger charge is 2.16. The molecule has 0 radical (unpaired) electrons. The first-order chi connectivity index (χ1) is 25.7. The molecule has 3 nitrogen and oxygen atoms in total. The summed E-state index contributed by atoms with van der Waals surface area (Å²) in [6, 6.07) is 65.1. The lowest BCUT2D eigenvalue weighted by Crippen LogP contribution is -1.97.